The van der Waals surface area contributed by atoms with E-state index in [1.165, 1.54) is 28.0 Å². The van der Waals surface area contributed by atoms with Crippen LogP contribution in [0.25, 0.3) is 5.69 Å². The molecule has 0 spiro atoms. The molecule has 4 rings (SSSR count). The first kappa shape index (κ1) is 21.6. The Bertz CT molecular complexity index is 1140. The molecule has 1 atom stereocenters. The van der Waals surface area contributed by atoms with Crippen LogP contribution < -0.4 is 5.32 Å². The molecule has 1 N–H and O–H groups in total. The van der Waals surface area contributed by atoms with E-state index in [4.69, 9.17) is 0 Å². The molecule has 9 heteroatoms. The molecule has 1 unspecified atom stereocenters. The van der Waals surface area contributed by atoms with Crippen LogP contribution in [-0.4, -0.2) is 30.9 Å². The number of rotatable bonds is 8. The SMILES string of the molecule is Cc1csc(NC(=O)C(C)Sc2nnc(CSc3ccccc3)n2-c2ccccc2)n1. The van der Waals surface area contributed by atoms with E-state index in [-0.39, 0.29) is 11.2 Å². The third-order valence-corrected chi connectivity index (χ3v) is 7.25. The number of nitrogens with one attached hydrogen (secondary N) is 1. The van der Waals surface area contributed by atoms with Gasteiger partial charge in [-0.1, -0.05) is 48.2 Å². The maximum absolute atomic E-state index is 12.7. The van der Waals surface area contributed by atoms with Crippen LogP contribution in [0.2, 0.25) is 0 Å². The van der Waals surface area contributed by atoms with Crippen LogP contribution in [0.3, 0.4) is 0 Å². The Balaban J connectivity index is 1.53. The normalized spacial score (nSPS) is 11.9. The highest BCUT2D eigenvalue weighted by Crippen LogP contribution is 2.29. The van der Waals surface area contributed by atoms with E-state index >= 15 is 0 Å². The molecule has 0 saturated carbocycles. The second-order valence-electron chi connectivity index (χ2n) is 6.71. The lowest BCUT2D eigenvalue weighted by molar-refractivity contribution is -0.115. The first-order chi connectivity index (χ1) is 15.1. The van der Waals surface area contributed by atoms with E-state index in [1.54, 1.807) is 11.8 Å². The molecule has 4 aromatic rings. The smallest absolute Gasteiger partial charge is 0.239 e. The van der Waals surface area contributed by atoms with Crippen molar-refractivity contribution in [1.82, 2.24) is 19.7 Å². The number of nitrogens with zero attached hydrogens (tertiary/aromatic N) is 4. The van der Waals surface area contributed by atoms with Crippen LogP contribution in [0.1, 0.15) is 18.4 Å². The quantitative estimate of drug-likeness (QED) is 0.348. The van der Waals surface area contributed by atoms with E-state index in [0.29, 0.717) is 16.0 Å². The summed E-state index contributed by atoms with van der Waals surface area (Å²) in [7, 11) is 0. The number of amides is 1. The molecule has 2 aromatic carbocycles. The van der Waals surface area contributed by atoms with Crippen molar-refractivity contribution >= 4 is 45.9 Å². The van der Waals surface area contributed by atoms with Crippen molar-refractivity contribution in [2.75, 3.05) is 5.32 Å². The standard InChI is InChI=1S/C22H21N5OS3/c1-15-13-30-21(23-15)24-20(28)16(2)31-22-26-25-19(14-29-18-11-7-4-8-12-18)27(22)17-9-5-3-6-10-17/h3-13,16H,14H2,1-2H3,(H,23,24,28). The summed E-state index contributed by atoms with van der Waals surface area (Å²) < 4.78 is 2.03. The summed E-state index contributed by atoms with van der Waals surface area (Å²) in [6.45, 7) is 3.77. The third-order valence-electron chi connectivity index (χ3n) is 4.33. The molecule has 158 valence electrons. The molecular formula is C22H21N5OS3. The number of hydrogen-bond acceptors (Lipinski definition) is 7. The number of benzene rings is 2. The second-order valence-corrected chi connectivity index (χ2v) is 9.93. The van der Waals surface area contributed by atoms with Gasteiger partial charge in [-0.05, 0) is 38.1 Å². The van der Waals surface area contributed by atoms with Crippen LogP contribution in [-0.2, 0) is 10.5 Å². The Hall–Kier alpha value is -2.62. The van der Waals surface area contributed by atoms with Crippen molar-refractivity contribution in [2.24, 2.45) is 0 Å². The Labute approximate surface area is 193 Å². The van der Waals surface area contributed by atoms with E-state index in [0.717, 1.165) is 17.2 Å². The molecule has 0 radical (unpaired) electrons. The van der Waals surface area contributed by atoms with E-state index in [1.807, 2.05) is 72.3 Å². The van der Waals surface area contributed by atoms with Gasteiger partial charge in [0, 0.05) is 16.0 Å². The second kappa shape index (κ2) is 10.1. The highest BCUT2D eigenvalue weighted by Gasteiger charge is 2.22. The zero-order valence-electron chi connectivity index (χ0n) is 17.1. The van der Waals surface area contributed by atoms with Crippen LogP contribution in [0.15, 0.2) is 76.1 Å². The number of para-hydroxylation sites is 1. The monoisotopic (exact) mass is 467 g/mol. The minimum atomic E-state index is -0.356. The van der Waals surface area contributed by atoms with Gasteiger partial charge in [-0.15, -0.1) is 33.3 Å². The topological polar surface area (TPSA) is 72.7 Å². The Morgan fingerprint density at radius 3 is 2.48 bits per heavy atom. The first-order valence-electron chi connectivity index (χ1n) is 9.67. The van der Waals surface area contributed by atoms with Gasteiger partial charge in [0.05, 0.1) is 16.7 Å². The molecule has 0 aliphatic carbocycles. The molecule has 0 fully saturated rings. The fourth-order valence-electron chi connectivity index (χ4n) is 2.80. The average Bonchev–Trinajstić information content (AvgIpc) is 3.39. The highest BCUT2D eigenvalue weighted by atomic mass is 32.2. The summed E-state index contributed by atoms with van der Waals surface area (Å²) in [6.07, 6.45) is 0. The largest absolute Gasteiger partial charge is 0.301 e. The molecule has 0 aliphatic heterocycles. The average molecular weight is 468 g/mol. The summed E-state index contributed by atoms with van der Waals surface area (Å²) in [4.78, 5) is 18.1. The summed E-state index contributed by atoms with van der Waals surface area (Å²) in [6, 6.07) is 20.2. The number of thioether (sulfide) groups is 2. The predicted octanol–water partition coefficient (Wildman–Crippen LogP) is 5.44. The van der Waals surface area contributed by atoms with Gasteiger partial charge in [0.25, 0.3) is 0 Å². The van der Waals surface area contributed by atoms with E-state index in [2.05, 4.69) is 32.6 Å². The first-order valence-corrected chi connectivity index (χ1v) is 12.4. The number of aromatic nitrogens is 4. The molecule has 1 amide bonds. The van der Waals surface area contributed by atoms with Gasteiger partial charge in [0.2, 0.25) is 5.91 Å². The van der Waals surface area contributed by atoms with Crippen LogP contribution >= 0.6 is 34.9 Å². The van der Waals surface area contributed by atoms with Gasteiger partial charge in [0.15, 0.2) is 10.3 Å². The summed E-state index contributed by atoms with van der Waals surface area (Å²) in [5.74, 6) is 1.40. The minimum Gasteiger partial charge on any atom is -0.301 e. The van der Waals surface area contributed by atoms with Crippen molar-refractivity contribution in [1.29, 1.82) is 0 Å². The number of hydrogen-bond donors (Lipinski definition) is 1. The molecule has 0 saturated heterocycles. The van der Waals surface area contributed by atoms with E-state index in [9.17, 15) is 4.79 Å². The van der Waals surface area contributed by atoms with Gasteiger partial charge >= 0.3 is 0 Å². The van der Waals surface area contributed by atoms with Gasteiger partial charge in [0.1, 0.15) is 5.82 Å². The van der Waals surface area contributed by atoms with Crippen molar-refractivity contribution in [3.63, 3.8) is 0 Å². The van der Waals surface area contributed by atoms with Gasteiger partial charge in [-0.3, -0.25) is 9.36 Å². The number of aryl methyl sites for hydroxylation is 1. The van der Waals surface area contributed by atoms with Gasteiger partial charge in [-0.2, -0.15) is 0 Å². The summed E-state index contributed by atoms with van der Waals surface area (Å²) >= 11 is 4.51. The number of carbonyl (C=O) groups is 1. The maximum atomic E-state index is 12.7. The van der Waals surface area contributed by atoms with Crippen LogP contribution in [0.5, 0.6) is 0 Å². The Morgan fingerprint density at radius 2 is 1.81 bits per heavy atom. The lowest BCUT2D eigenvalue weighted by Gasteiger charge is -2.13. The van der Waals surface area contributed by atoms with Crippen molar-refractivity contribution in [3.05, 3.63) is 77.6 Å². The lowest BCUT2D eigenvalue weighted by Crippen LogP contribution is -2.22. The number of carbonyl (C=O) groups excluding carboxylic acids is 1. The minimum absolute atomic E-state index is 0.109. The van der Waals surface area contributed by atoms with Crippen LogP contribution in [0, 0.1) is 6.92 Å². The predicted molar refractivity (Wildman–Crippen MR) is 128 cm³/mol. The maximum Gasteiger partial charge on any atom is 0.239 e. The molecule has 0 bridgehead atoms. The fourth-order valence-corrected chi connectivity index (χ4v) is 5.21. The van der Waals surface area contributed by atoms with E-state index < -0.39 is 0 Å². The van der Waals surface area contributed by atoms with Crippen LogP contribution in [0.4, 0.5) is 5.13 Å². The molecular weight excluding hydrogens is 446 g/mol. The molecule has 0 aliphatic rings. The summed E-state index contributed by atoms with van der Waals surface area (Å²) in [5, 5.41) is 14.6. The van der Waals surface area contributed by atoms with Crippen molar-refractivity contribution in [3.8, 4) is 5.69 Å². The van der Waals surface area contributed by atoms with Crippen molar-refractivity contribution in [2.45, 2.75) is 34.9 Å². The zero-order chi connectivity index (χ0) is 21.6. The number of anilines is 1. The highest BCUT2D eigenvalue weighted by molar-refractivity contribution is 8.00. The van der Waals surface area contributed by atoms with Gasteiger partial charge < -0.3 is 5.32 Å². The zero-order valence-corrected chi connectivity index (χ0v) is 19.5. The molecule has 2 aromatic heterocycles. The third kappa shape index (κ3) is 5.55. The molecule has 2 heterocycles. The fraction of sp³-hybridized carbons (Fsp3) is 0.182. The molecule has 31 heavy (non-hydrogen) atoms. The van der Waals surface area contributed by atoms with Crippen molar-refractivity contribution < 1.29 is 4.79 Å². The summed E-state index contributed by atoms with van der Waals surface area (Å²) in [5.41, 5.74) is 1.87. The lowest BCUT2D eigenvalue weighted by atomic mass is 10.3. The Kier molecular flexibility index (Phi) is 7.06. The Morgan fingerprint density at radius 1 is 1.10 bits per heavy atom. The van der Waals surface area contributed by atoms with Gasteiger partial charge in [-0.25, -0.2) is 4.98 Å². The number of thiazole rings is 1. The molecule has 6 nitrogen and oxygen atoms in total.